The van der Waals surface area contributed by atoms with E-state index in [1.54, 1.807) is 0 Å². The van der Waals surface area contributed by atoms with Crippen LogP contribution < -0.4 is 4.84 Å². The number of thioether (sulfide) groups is 1. The zero-order valence-electron chi connectivity index (χ0n) is 6.93. The molecule has 3 nitrogen and oxygen atoms in total. The minimum absolute atomic E-state index is 0.252. The molecule has 0 aliphatic carbocycles. The summed E-state index contributed by atoms with van der Waals surface area (Å²) in [6.07, 6.45) is 1.49. The van der Waals surface area contributed by atoms with E-state index in [0.717, 1.165) is 24.3 Å². The van der Waals surface area contributed by atoms with E-state index >= 15 is 0 Å². The van der Waals surface area contributed by atoms with Crippen LogP contribution in [0.2, 0.25) is 0 Å². The number of esters is 1. The fourth-order valence-corrected chi connectivity index (χ4v) is 2.71. The fourth-order valence-electron chi connectivity index (χ4n) is 1.25. The van der Waals surface area contributed by atoms with Gasteiger partial charge in [0.05, 0.1) is 7.11 Å². The van der Waals surface area contributed by atoms with Gasteiger partial charge in [0.25, 0.3) is 0 Å². The maximum absolute atomic E-state index is 11.3. The molecule has 0 amide bonds. The predicted octanol–water partition coefficient (Wildman–Crippen LogP) is 1.17. The maximum atomic E-state index is 11.3. The van der Waals surface area contributed by atoms with Gasteiger partial charge in [0.1, 0.15) is 5.54 Å². The molecule has 12 heavy (non-hydrogen) atoms. The van der Waals surface area contributed by atoms with Crippen LogP contribution in [0.15, 0.2) is 0 Å². The van der Waals surface area contributed by atoms with Crippen LogP contribution in [0.3, 0.4) is 0 Å². The third-order valence-corrected chi connectivity index (χ3v) is 3.45. The lowest BCUT2D eigenvalue weighted by molar-refractivity contribution is -0.148. The Bertz CT molecular complexity index is 171. The van der Waals surface area contributed by atoms with Crippen LogP contribution in [0, 0.1) is 0 Å². The van der Waals surface area contributed by atoms with Gasteiger partial charge in [0, 0.05) is 0 Å². The first-order chi connectivity index (χ1) is 5.75. The molecule has 1 aliphatic heterocycles. The molecule has 0 bridgehead atoms. The first-order valence-corrected chi connectivity index (χ1v) is 5.32. The summed E-state index contributed by atoms with van der Waals surface area (Å²) in [6, 6.07) is 0. The van der Waals surface area contributed by atoms with E-state index in [1.807, 2.05) is 11.8 Å². The molecule has 0 spiro atoms. The Balaban J connectivity index is 2.66. The molecule has 0 saturated carbocycles. The summed E-state index contributed by atoms with van der Waals surface area (Å²) in [5, 5.41) is 0. The highest BCUT2D eigenvalue weighted by Crippen LogP contribution is 2.28. The number of rotatable bonds is 2. The lowest BCUT2D eigenvalue weighted by atomic mass is 9.94. The molecule has 1 heterocycles. The van der Waals surface area contributed by atoms with Crippen molar-refractivity contribution in [1.82, 2.24) is 4.84 Å². The Morgan fingerprint density at radius 1 is 1.58 bits per heavy atom. The molecule has 1 saturated heterocycles. The second kappa shape index (κ2) is 4.35. The number of carbonyl (C=O) groups is 1. The van der Waals surface area contributed by atoms with Gasteiger partial charge in [0.15, 0.2) is 0 Å². The van der Waals surface area contributed by atoms with Crippen molar-refractivity contribution in [3.05, 3.63) is 0 Å². The summed E-state index contributed by atoms with van der Waals surface area (Å²) in [7, 11) is 1.39. The lowest BCUT2D eigenvalue weighted by Crippen LogP contribution is -2.51. The highest BCUT2D eigenvalue weighted by Gasteiger charge is 2.40. The quantitative estimate of drug-likeness (QED) is 0.548. The van der Waals surface area contributed by atoms with Crippen molar-refractivity contribution in [2.75, 3.05) is 18.6 Å². The van der Waals surface area contributed by atoms with Crippen molar-refractivity contribution in [3.8, 4) is 0 Å². The SMILES string of the molecule is COC(=O)C1(NCl)CCSCC1. The van der Waals surface area contributed by atoms with Crippen molar-refractivity contribution in [2.24, 2.45) is 0 Å². The molecule has 5 heteroatoms. The van der Waals surface area contributed by atoms with Crippen molar-refractivity contribution in [2.45, 2.75) is 18.4 Å². The third-order valence-electron chi connectivity index (χ3n) is 2.10. The Kier molecular flexibility index (Phi) is 3.68. The normalized spacial score (nSPS) is 21.8. The van der Waals surface area contributed by atoms with Crippen LogP contribution in [0.1, 0.15) is 12.8 Å². The molecule has 0 unspecified atom stereocenters. The summed E-state index contributed by atoms with van der Waals surface area (Å²) in [5.74, 6) is 1.65. The van der Waals surface area contributed by atoms with E-state index in [-0.39, 0.29) is 5.97 Å². The number of hydrogen-bond donors (Lipinski definition) is 1. The van der Waals surface area contributed by atoms with Gasteiger partial charge in [-0.25, -0.2) is 4.84 Å². The number of methoxy groups -OCH3 is 1. The largest absolute Gasteiger partial charge is 0.468 e. The Morgan fingerprint density at radius 3 is 2.58 bits per heavy atom. The molecule has 0 aromatic carbocycles. The first-order valence-electron chi connectivity index (χ1n) is 3.79. The van der Waals surface area contributed by atoms with Crippen LogP contribution >= 0.6 is 23.5 Å². The van der Waals surface area contributed by atoms with E-state index in [4.69, 9.17) is 11.8 Å². The van der Waals surface area contributed by atoms with E-state index in [1.165, 1.54) is 7.11 Å². The Labute approximate surface area is 81.3 Å². The average molecular weight is 210 g/mol. The van der Waals surface area contributed by atoms with E-state index < -0.39 is 5.54 Å². The molecular formula is C7H12ClNO2S. The summed E-state index contributed by atoms with van der Waals surface area (Å²) in [5.41, 5.74) is -0.637. The van der Waals surface area contributed by atoms with Gasteiger partial charge in [-0.1, -0.05) is 0 Å². The van der Waals surface area contributed by atoms with Crippen LogP contribution in [-0.2, 0) is 9.53 Å². The zero-order chi connectivity index (χ0) is 9.03. The van der Waals surface area contributed by atoms with Gasteiger partial charge in [0.2, 0.25) is 0 Å². The minimum atomic E-state index is -0.637. The van der Waals surface area contributed by atoms with E-state index in [2.05, 4.69) is 9.57 Å². The summed E-state index contributed by atoms with van der Waals surface area (Å²) in [6.45, 7) is 0. The number of hydrogen-bond acceptors (Lipinski definition) is 4. The van der Waals surface area contributed by atoms with E-state index in [0.29, 0.717) is 0 Å². The molecule has 1 rings (SSSR count). The van der Waals surface area contributed by atoms with Crippen LogP contribution in [0.25, 0.3) is 0 Å². The number of nitrogens with one attached hydrogen (secondary N) is 1. The first kappa shape index (κ1) is 10.2. The van der Waals surface area contributed by atoms with E-state index in [9.17, 15) is 4.79 Å². The highest BCUT2D eigenvalue weighted by molar-refractivity contribution is 7.99. The standard InChI is InChI=1S/C7H12ClNO2S/c1-11-6(10)7(9-8)2-4-12-5-3-7/h9H,2-5H2,1H3. The molecule has 1 aliphatic rings. The van der Waals surface area contributed by atoms with Crippen LogP contribution in [0.4, 0.5) is 0 Å². The number of carbonyl (C=O) groups excluding carboxylic acids is 1. The van der Waals surface area contributed by atoms with Crippen molar-refractivity contribution >= 4 is 29.5 Å². The molecule has 0 aromatic rings. The topological polar surface area (TPSA) is 38.3 Å². The van der Waals surface area contributed by atoms with Gasteiger partial charge in [-0.15, -0.1) is 0 Å². The minimum Gasteiger partial charge on any atom is -0.468 e. The second-order valence-corrected chi connectivity index (χ2v) is 4.19. The molecular weight excluding hydrogens is 198 g/mol. The molecule has 0 atom stereocenters. The monoisotopic (exact) mass is 209 g/mol. The van der Waals surface area contributed by atoms with Gasteiger partial charge >= 0.3 is 5.97 Å². The van der Waals surface area contributed by atoms with Crippen molar-refractivity contribution < 1.29 is 9.53 Å². The molecule has 0 aromatic heterocycles. The van der Waals surface area contributed by atoms with Crippen molar-refractivity contribution in [1.29, 1.82) is 0 Å². The predicted molar refractivity (Wildman–Crippen MR) is 50.3 cm³/mol. The van der Waals surface area contributed by atoms with Crippen LogP contribution in [0.5, 0.6) is 0 Å². The number of ether oxygens (including phenoxy) is 1. The summed E-state index contributed by atoms with van der Waals surface area (Å²) >= 11 is 7.38. The van der Waals surface area contributed by atoms with Gasteiger partial charge in [-0.05, 0) is 36.1 Å². The molecule has 1 fully saturated rings. The summed E-state index contributed by atoms with van der Waals surface area (Å²) in [4.78, 5) is 13.9. The Hall–Kier alpha value is 0.0700. The van der Waals surface area contributed by atoms with Gasteiger partial charge in [-0.3, -0.25) is 4.79 Å². The average Bonchev–Trinajstić information content (AvgIpc) is 2.17. The van der Waals surface area contributed by atoms with Crippen LogP contribution in [-0.4, -0.2) is 30.1 Å². The molecule has 0 radical (unpaired) electrons. The van der Waals surface area contributed by atoms with Gasteiger partial charge in [-0.2, -0.15) is 11.8 Å². The molecule has 1 N–H and O–H groups in total. The number of halogens is 1. The van der Waals surface area contributed by atoms with Gasteiger partial charge < -0.3 is 4.74 Å². The Morgan fingerprint density at radius 2 is 2.17 bits per heavy atom. The maximum Gasteiger partial charge on any atom is 0.327 e. The zero-order valence-corrected chi connectivity index (χ0v) is 8.50. The second-order valence-electron chi connectivity index (χ2n) is 2.78. The smallest absolute Gasteiger partial charge is 0.327 e. The third kappa shape index (κ3) is 1.87. The van der Waals surface area contributed by atoms with Crippen molar-refractivity contribution in [3.63, 3.8) is 0 Å². The summed E-state index contributed by atoms with van der Waals surface area (Å²) < 4.78 is 4.69. The molecule has 70 valence electrons. The highest BCUT2D eigenvalue weighted by atomic mass is 35.5. The lowest BCUT2D eigenvalue weighted by Gasteiger charge is -2.32. The fraction of sp³-hybridized carbons (Fsp3) is 0.857.